The standard InChI is InChI=1S/C2H4Cl2.C2H3ClO3/c1-2(3)4;3-1-6-2(4)5/h2H,1H3;1H2,(H,4,5). The van der Waals surface area contributed by atoms with Gasteiger partial charge in [0.2, 0.25) is 0 Å². The normalized spacial score (nSPS) is 8.10. The Balaban J connectivity index is 0. The van der Waals surface area contributed by atoms with E-state index in [0.29, 0.717) is 0 Å². The average Bonchev–Trinajstić information content (AvgIpc) is 1.62. The van der Waals surface area contributed by atoms with Gasteiger partial charge in [0.1, 0.15) is 4.84 Å². The van der Waals surface area contributed by atoms with Crippen molar-refractivity contribution in [2.75, 3.05) is 6.07 Å². The van der Waals surface area contributed by atoms with Gasteiger partial charge in [-0.15, -0.1) is 23.2 Å². The molecule has 0 saturated carbocycles. The Morgan fingerprint density at radius 2 is 2.00 bits per heavy atom. The van der Waals surface area contributed by atoms with Crippen molar-refractivity contribution in [3.8, 4) is 0 Å². The Bertz CT molecular complexity index is 83.1. The summed E-state index contributed by atoms with van der Waals surface area (Å²) in [5, 5.41) is 7.61. The molecule has 0 fully saturated rings. The highest BCUT2D eigenvalue weighted by atomic mass is 35.5. The first kappa shape index (κ1) is 12.8. The van der Waals surface area contributed by atoms with E-state index in [1.165, 1.54) is 0 Å². The number of carbonyl (C=O) groups is 1. The van der Waals surface area contributed by atoms with Crippen LogP contribution in [0.1, 0.15) is 6.92 Å². The number of hydrogen-bond acceptors (Lipinski definition) is 2. The van der Waals surface area contributed by atoms with Gasteiger partial charge in [0.25, 0.3) is 0 Å². The van der Waals surface area contributed by atoms with Gasteiger partial charge in [-0.1, -0.05) is 11.6 Å². The van der Waals surface area contributed by atoms with Crippen LogP contribution in [0.4, 0.5) is 4.79 Å². The molecule has 0 amide bonds. The topological polar surface area (TPSA) is 46.5 Å². The third-order valence-corrected chi connectivity index (χ3v) is 0.287. The summed E-state index contributed by atoms with van der Waals surface area (Å²) in [4.78, 5) is 9.07. The fourth-order valence-electron chi connectivity index (χ4n) is 0.0467. The van der Waals surface area contributed by atoms with Crippen LogP contribution in [-0.4, -0.2) is 22.2 Å². The van der Waals surface area contributed by atoms with Gasteiger partial charge in [-0.25, -0.2) is 4.79 Å². The summed E-state index contributed by atoms with van der Waals surface area (Å²) in [6.45, 7) is 1.70. The highest BCUT2D eigenvalue weighted by Crippen LogP contribution is 1.95. The van der Waals surface area contributed by atoms with E-state index in [9.17, 15) is 4.79 Å². The second kappa shape index (κ2) is 9.14. The summed E-state index contributed by atoms with van der Waals surface area (Å²) in [5.41, 5.74) is 0. The van der Waals surface area contributed by atoms with Gasteiger partial charge in [0, 0.05) is 0 Å². The molecule has 1 N–H and O–H groups in total. The molecular formula is C4H7Cl3O3. The highest BCUT2D eigenvalue weighted by Gasteiger charge is 1.87. The van der Waals surface area contributed by atoms with Crippen molar-refractivity contribution < 1.29 is 14.6 Å². The van der Waals surface area contributed by atoms with E-state index >= 15 is 0 Å². The predicted octanol–water partition coefficient (Wildman–Crippen LogP) is 2.69. The molecule has 0 unspecified atom stereocenters. The lowest BCUT2D eigenvalue weighted by atomic mass is 11.0. The van der Waals surface area contributed by atoms with E-state index in [2.05, 4.69) is 4.74 Å². The minimum atomic E-state index is -1.34. The van der Waals surface area contributed by atoms with Crippen molar-refractivity contribution in [2.45, 2.75) is 11.8 Å². The van der Waals surface area contributed by atoms with Gasteiger partial charge >= 0.3 is 6.16 Å². The lowest BCUT2D eigenvalue weighted by Gasteiger charge is -1.85. The average molecular weight is 209 g/mol. The molecule has 0 spiro atoms. The molecule has 0 aliphatic rings. The SMILES string of the molecule is CC(Cl)Cl.O=C(O)OCCl. The van der Waals surface area contributed by atoms with E-state index in [0.717, 1.165) is 0 Å². The van der Waals surface area contributed by atoms with Gasteiger partial charge in [0.15, 0.2) is 6.07 Å². The summed E-state index contributed by atoms with van der Waals surface area (Å²) in [7, 11) is 0. The van der Waals surface area contributed by atoms with Crippen LogP contribution < -0.4 is 0 Å². The van der Waals surface area contributed by atoms with Crippen LogP contribution in [0.2, 0.25) is 0 Å². The minimum absolute atomic E-state index is 0.222. The second-order valence-corrected chi connectivity index (χ2v) is 2.79. The predicted molar refractivity (Wildman–Crippen MR) is 41.0 cm³/mol. The van der Waals surface area contributed by atoms with Gasteiger partial charge in [-0.3, -0.25) is 0 Å². The molecule has 0 atom stereocenters. The number of ether oxygens (including phenoxy) is 1. The zero-order chi connectivity index (χ0) is 8.57. The molecule has 0 aromatic rings. The van der Waals surface area contributed by atoms with E-state index < -0.39 is 6.16 Å². The van der Waals surface area contributed by atoms with Crippen molar-refractivity contribution in [2.24, 2.45) is 0 Å². The molecule has 0 radical (unpaired) electrons. The first-order valence-electron chi connectivity index (χ1n) is 2.20. The molecule has 0 saturated heterocycles. The molecule has 0 aromatic carbocycles. The zero-order valence-electron chi connectivity index (χ0n) is 5.18. The van der Waals surface area contributed by atoms with E-state index in [4.69, 9.17) is 39.9 Å². The van der Waals surface area contributed by atoms with Crippen molar-refractivity contribution in [1.82, 2.24) is 0 Å². The fraction of sp³-hybridized carbons (Fsp3) is 0.750. The molecule has 0 aromatic heterocycles. The Kier molecular flexibility index (Phi) is 11.7. The zero-order valence-corrected chi connectivity index (χ0v) is 7.45. The van der Waals surface area contributed by atoms with Crippen LogP contribution in [0.25, 0.3) is 0 Å². The smallest absolute Gasteiger partial charge is 0.450 e. The maximum atomic E-state index is 9.29. The van der Waals surface area contributed by atoms with Crippen LogP contribution in [0.3, 0.4) is 0 Å². The van der Waals surface area contributed by atoms with Crippen LogP contribution in [-0.2, 0) is 4.74 Å². The molecule has 6 heteroatoms. The molecule has 0 heterocycles. The lowest BCUT2D eigenvalue weighted by molar-refractivity contribution is 0.107. The molecule has 62 valence electrons. The Morgan fingerprint density at radius 1 is 1.70 bits per heavy atom. The van der Waals surface area contributed by atoms with Crippen molar-refractivity contribution in [3.05, 3.63) is 0 Å². The molecule has 0 bridgehead atoms. The van der Waals surface area contributed by atoms with E-state index in [-0.39, 0.29) is 10.9 Å². The largest absolute Gasteiger partial charge is 0.506 e. The molecule has 10 heavy (non-hydrogen) atoms. The van der Waals surface area contributed by atoms with Crippen LogP contribution in [0.15, 0.2) is 0 Å². The van der Waals surface area contributed by atoms with Gasteiger partial charge < -0.3 is 9.84 Å². The summed E-state index contributed by atoms with van der Waals surface area (Å²) in [6.07, 6.45) is -1.34. The molecule has 0 aliphatic carbocycles. The summed E-state index contributed by atoms with van der Waals surface area (Å²) in [5.74, 6) is 0. The first-order valence-corrected chi connectivity index (χ1v) is 3.61. The number of halogens is 3. The van der Waals surface area contributed by atoms with Crippen LogP contribution >= 0.6 is 34.8 Å². The van der Waals surface area contributed by atoms with Gasteiger partial charge in [-0.05, 0) is 6.92 Å². The fourth-order valence-corrected chi connectivity index (χ4v) is 0.140. The maximum Gasteiger partial charge on any atom is 0.506 e. The Hall–Kier alpha value is 0.140. The van der Waals surface area contributed by atoms with E-state index in [1.54, 1.807) is 6.92 Å². The molecular weight excluding hydrogens is 202 g/mol. The van der Waals surface area contributed by atoms with Gasteiger partial charge in [0.05, 0.1) is 0 Å². The van der Waals surface area contributed by atoms with Gasteiger partial charge in [-0.2, -0.15) is 0 Å². The second-order valence-electron chi connectivity index (χ2n) is 1.04. The third kappa shape index (κ3) is 42.1. The Labute approximate surface area is 73.8 Å². The Morgan fingerprint density at radius 3 is 2.00 bits per heavy atom. The molecule has 0 rings (SSSR count). The molecule has 0 aliphatic heterocycles. The highest BCUT2D eigenvalue weighted by molar-refractivity contribution is 6.43. The minimum Gasteiger partial charge on any atom is -0.450 e. The third-order valence-electron chi connectivity index (χ3n) is 0.178. The van der Waals surface area contributed by atoms with Crippen LogP contribution in [0.5, 0.6) is 0 Å². The number of hydrogen-bond donors (Lipinski definition) is 1. The first-order chi connectivity index (χ1) is 4.50. The monoisotopic (exact) mass is 208 g/mol. The van der Waals surface area contributed by atoms with Crippen molar-refractivity contribution in [3.63, 3.8) is 0 Å². The number of rotatable bonds is 1. The summed E-state index contributed by atoms with van der Waals surface area (Å²) in [6, 6.07) is -0.296. The maximum absolute atomic E-state index is 9.29. The van der Waals surface area contributed by atoms with E-state index in [1.807, 2.05) is 0 Å². The number of carboxylic acid groups (broad SMARTS) is 1. The summed E-state index contributed by atoms with van der Waals surface area (Å²) < 4.78 is 3.72. The van der Waals surface area contributed by atoms with Crippen molar-refractivity contribution >= 4 is 41.0 Å². The lowest BCUT2D eigenvalue weighted by Crippen LogP contribution is -1.95. The van der Waals surface area contributed by atoms with Crippen LogP contribution in [0, 0.1) is 0 Å². The number of alkyl halides is 3. The quantitative estimate of drug-likeness (QED) is 0.533. The summed E-state index contributed by atoms with van der Waals surface area (Å²) >= 11 is 14.9. The molecule has 3 nitrogen and oxygen atoms in total. The van der Waals surface area contributed by atoms with Crippen molar-refractivity contribution in [1.29, 1.82) is 0 Å².